The molecule has 5 fully saturated rings. The lowest BCUT2D eigenvalue weighted by Gasteiger charge is -2.56. The summed E-state index contributed by atoms with van der Waals surface area (Å²) in [4.78, 5) is 28.8. The molecule has 4 saturated carbocycles. The topological polar surface area (TPSA) is 67.9 Å². The van der Waals surface area contributed by atoms with Gasteiger partial charge in [-0.15, -0.1) is 0 Å². The number of hydrogen-bond donors (Lipinski definition) is 1. The molecular formula is C24H32N2O4. The molecule has 1 unspecified atom stereocenters. The molecule has 1 N–H and O–H groups in total. The molecule has 1 saturated heterocycles. The highest BCUT2D eigenvalue weighted by Gasteiger charge is 2.56. The van der Waals surface area contributed by atoms with Crippen LogP contribution in [0.3, 0.4) is 0 Å². The maximum atomic E-state index is 13.8. The van der Waals surface area contributed by atoms with Crippen molar-refractivity contribution < 1.29 is 19.1 Å². The van der Waals surface area contributed by atoms with E-state index in [2.05, 4.69) is 5.32 Å². The first-order valence-corrected chi connectivity index (χ1v) is 11.3. The second-order valence-electron chi connectivity index (χ2n) is 9.95. The lowest BCUT2D eigenvalue weighted by molar-refractivity contribution is -0.160. The van der Waals surface area contributed by atoms with Gasteiger partial charge in [-0.25, -0.2) is 0 Å². The lowest BCUT2D eigenvalue weighted by Crippen LogP contribution is -2.56. The van der Waals surface area contributed by atoms with Gasteiger partial charge in [-0.05, 0) is 69.1 Å². The third-order valence-corrected chi connectivity index (χ3v) is 7.93. The molecule has 1 atom stereocenters. The Morgan fingerprint density at radius 3 is 2.07 bits per heavy atom. The number of carbonyl (C=O) groups excluding carboxylic acids is 2. The van der Waals surface area contributed by atoms with E-state index in [1.807, 2.05) is 4.90 Å². The summed E-state index contributed by atoms with van der Waals surface area (Å²) in [5, 5.41) is 3.00. The minimum atomic E-state index is -0.386. The van der Waals surface area contributed by atoms with Crippen LogP contribution in [-0.2, 0) is 9.59 Å². The van der Waals surface area contributed by atoms with Crippen molar-refractivity contribution in [2.75, 3.05) is 26.1 Å². The van der Waals surface area contributed by atoms with Crippen molar-refractivity contribution in [2.24, 2.45) is 23.2 Å². The summed E-state index contributed by atoms with van der Waals surface area (Å²) in [6.07, 6.45) is 8.67. The number of nitrogens with zero attached hydrogens (tertiary/aromatic N) is 1. The van der Waals surface area contributed by atoms with Gasteiger partial charge in [-0.3, -0.25) is 9.59 Å². The summed E-state index contributed by atoms with van der Waals surface area (Å²) >= 11 is 0. The average molecular weight is 413 g/mol. The number of nitrogens with one attached hydrogen (secondary N) is 1. The fourth-order valence-electron chi connectivity index (χ4n) is 7.06. The van der Waals surface area contributed by atoms with Gasteiger partial charge in [0.2, 0.25) is 11.8 Å². The van der Waals surface area contributed by atoms with E-state index in [1.54, 1.807) is 32.4 Å². The van der Waals surface area contributed by atoms with Gasteiger partial charge in [-0.1, -0.05) is 0 Å². The summed E-state index contributed by atoms with van der Waals surface area (Å²) in [6, 6.07) is 4.94. The molecule has 2 amide bonds. The van der Waals surface area contributed by atoms with Gasteiger partial charge in [0.1, 0.15) is 17.5 Å². The van der Waals surface area contributed by atoms with Crippen molar-refractivity contribution in [2.45, 2.75) is 57.4 Å². The van der Waals surface area contributed by atoms with Crippen LogP contribution in [0.4, 0.5) is 5.69 Å². The van der Waals surface area contributed by atoms with Crippen LogP contribution in [0, 0.1) is 23.2 Å². The summed E-state index contributed by atoms with van der Waals surface area (Å²) in [6.45, 7) is 0.695. The van der Waals surface area contributed by atoms with E-state index in [0.717, 1.165) is 49.9 Å². The highest BCUT2D eigenvalue weighted by atomic mass is 16.5. The van der Waals surface area contributed by atoms with E-state index in [-0.39, 0.29) is 23.3 Å². The average Bonchev–Trinajstić information content (AvgIpc) is 3.21. The van der Waals surface area contributed by atoms with Crippen molar-refractivity contribution in [3.63, 3.8) is 0 Å². The molecule has 4 bridgehead atoms. The fraction of sp³-hybridized carbons (Fsp3) is 0.667. The van der Waals surface area contributed by atoms with Crippen molar-refractivity contribution in [3.8, 4) is 11.5 Å². The van der Waals surface area contributed by atoms with Gasteiger partial charge in [-0.2, -0.15) is 0 Å². The Hall–Kier alpha value is -2.24. The zero-order valence-electron chi connectivity index (χ0n) is 18.0. The van der Waals surface area contributed by atoms with Gasteiger partial charge in [0.25, 0.3) is 0 Å². The van der Waals surface area contributed by atoms with E-state index < -0.39 is 0 Å². The van der Waals surface area contributed by atoms with Crippen LogP contribution < -0.4 is 14.8 Å². The number of ether oxygens (including phenoxy) is 2. The number of anilines is 1. The molecule has 0 spiro atoms. The number of methoxy groups -OCH3 is 2. The number of benzene rings is 1. The van der Waals surface area contributed by atoms with Gasteiger partial charge >= 0.3 is 0 Å². The highest BCUT2D eigenvalue weighted by Crippen LogP contribution is 2.60. The van der Waals surface area contributed by atoms with E-state index in [9.17, 15) is 9.59 Å². The number of likely N-dealkylation sites (tertiary alicyclic amines) is 1. The molecule has 6 nitrogen and oxygen atoms in total. The minimum absolute atomic E-state index is 0.110. The Kier molecular flexibility index (Phi) is 4.91. The van der Waals surface area contributed by atoms with Crippen LogP contribution in [0.25, 0.3) is 0 Å². The monoisotopic (exact) mass is 412 g/mol. The number of carbonyl (C=O) groups is 2. The zero-order chi connectivity index (χ0) is 20.9. The molecule has 0 aromatic heterocycles. The molecule has 1 aromatic carbocycles. The van der Waals surface area contributed by atoms with E-state index in [4.69, 9.17) is 9.47 Å². The van der Waals surface area contributed by atoms with Crippen molar-refractivity contribution in [3.05, 3.63) is 18.2 Å². The molecule has 5 aliphatic rings. The quantitative estimate of drug-likeness (QED) is 0.798. The normalized spacial score (nSPS) is 34.1. The lowest BCUT2D eigenvalue weighted by atomic mass is 9.49. The van der Waals surface area contributed by atoms with Gasteiger partial charge in [0.05, 0.1) is 19.6 Å². The third kappa shape index (κ3) is 3.34. The Labute approximate surface area is 178 Å². The second-order valence-corrected chi connectivity index (χ2v) is 9.95. The second kappa shape index (κ2) is 7.47. The van der Waals surface area contributed by atoms with Crippen molar-refractivity contribution in [1.29, 1.82) is 0 Å². The molecule has 0 radical (unpaired) electrons. The summed E-state index contributed by atoms with van der Waals surface area (Å²) in [5.41, 5.74) is 0.432. The molecular weight excluding hydrogens is 380 g/mol. The van der Waals surface area contributed by atoms with E-state index in [0.29, 0.717) is 23.7 Å². The third-order valence-electron chi connectivity index (χ3n) is 7.93. The van der Waals surface area contributed by atoms with Crippen LogP contribution in [0.1, 0.15) is 51.4 Å². The Bertz CT molecular complexity index is 794. The molecule has 1 aliphatic heterocycles. The summed E-state index contributed by atoms with van der Waals surface area (Å²) in [5.74, 6) is 3.55. The van der Waals surface area contributed by atoms with Crippen LogP contribution in [0.2, 0.25) is 0 Å². The zero-order valence-corrected chi connectivity index (χ0v) is 18.0. The molecule has 162 valence electrons. The van der Waals surface area contributed by atoms with Gasteiger partial charge < -0.3 is 19.7 Å². The fourth-order valence-corrected chi connectivity index (χ4v) is 7.06. The molecule has 30 heavy (non-hydrogen) atoms. The predicted molar refractivity (Wildman–Crippen MR) is 114 cm³/mol. The first kappa shape index (κ1) is 19.7. The highest BCUT2D eigenvalue weighted by molar-refractivity contribution is 5.98. The Morgan fingerprint density at radius 1 is 0.967 bits per heavy atom. The Balaban J connectivity index is 1.33. The largest absolute Gasteiger partial charge is 0.497 e. The van der Waals surface area contributed by atoms with E-state index >= 15 is 0 Å². The van der Waals surface area contributed by atoms with Crippen LogP contribution in [0.15, 0.2) is 18.2 Å². The smallest absolute Gasteiger partial charge is 0.247 e. The van der Waals surface area contributed by atoms with Gasteiger partial charge in [0.15, 0.2) is 0 Å². The summed E-state index contributed by atoms with van der Waals surface area (Å²) in [7, 11) is 3.17. The maximum absolute atomic E-state index is 13.8. The first-order valence-electron chi connectivity index (χ1n) is 11.3. The molecule has 1 aromatic rings. The number of amides is 2. The molecule has 6 rings (SSSR count). The molecule has 1 heterocycles. The predicted octanol–water partition coefficient (Wildman–Crippen LogP) is 3.85. The van der Waals surface area contributed by atoms with Crippen LogP contribution in [0.5, 0.6) is 11.5 Å². The van der Waals surface area contributed by atoms with Crippen molar-refractivity contribution >= 4 is 17.5 Å². The van der Waals surface area contributed by atoms with Gasteiger partial charge in [0, 0.05) is 30.4 Å². The first-order chi connectivity index (χ1) is 14.5. The summed E-state index contributed by atoms with van der Waals surface area (Å²) < 4.78 is 10.6. The SMILES string of the molecule is COc1cc(NC(=O)C2CCCN2C(=O)C23CC4CC(CC(C4)C2)C3)cc(OC)c1. The van der Waals surface area contributed by atoms with E-state index in [1.165, 1.54) is 19.3 Å². The number of hydrogen-bond acceptors (Lipinski definition) is 4. The van der Waals surface area contributed by atoms with Crippen LogP contribution >= 0.6 is 0 Å². The number of rotatable bonds is 5. The maximum Gasteiger partial charge on any atom is 0.247 e. The molecule has 4 aliphatic carbocycles. The minimum Gasteiger partial charge on any atom is -0.497 e. The Morgan fingerprint density at radius 2 is 1.53 bits per heavy atom. The standard InChI is InChI=1S/C24H32N2O4/c1-29-19-9-18(10-20(11-19)30-2)25-22(27)21-4-3-5-26(21)23(28)24-12-15-6-16(13-24)8-17(7-15)14-24/h9-11,15-17,21H,3-8,12-14H2,1-2H3,(H,25,27). The van der Waals surface area contributed by atoms with Crippen LogP contribution in [-0.4, -0.2) is 43.5 Å². The van der Waals surface area contributed by atoms with Crippen molar-refractivity contribution in [1.82, 2.24) is 4.90 Å². The molecule has 6 heteroatoms.